The predicted molar refractivity (Wildman–Crippen MR) is 64.0 cm³/mol. The van der Waals surface area contributed by atoms with Crippen LogP contribution in [0.2, 0.25) is 0 Å². The molecule has 0 spiro atoms. The zero-order chi connectivity index (χ0) is 14.0. The lowest BCUT2D eigenvalue weighted by atomic mass is 10.0. The SMILES string of the molecule is COc1ccc(C(F)c2ccccc2O)c(F)c1F. The van der Waals surface area contributed by atoms with E-state index in [1.807, 2.05) is 0 Å². The van der Waals surface area contributed by atoms with Crippen LogP contribution in [-0.4, -0.2) is 12.2 Å². The molecule has 1 N–H and O–H groups in total. The van der Waals surface area contributed by atoms with E-state index in [4.69, 9.17) is 0 Å². The Bertz CT molecular complexity index is 599. The number of ether oxygens (including phenoxy) is 1. The standard InChI is InChI=1S/C14H11F3O2/c1-19-11-7-6-9(13(16)14(11)17)12(15)8-4-2-3-5-10(8)18/h2-7,12,18H,1H3. The number of alkyl halides is 1. The van der Waals surface area contributed by atoms with Crippen molar-refractivity contribution in [3.63, 3.8) is 0 Å². The van der Waals surface area contributed by atoms with Crippen molar-refractivity contribution in [3.05, 3.63) is 59.2 Å². The maximum absolute atomic E-state index is 14.2. The number of phenols is 1. The number of rotatable bonds is 3. The molecule has 0 amide bonds. The van der Waals surface area contributed by atoms with Gasteiger partial charge in [0.1, 0.15) is 5.75 Å². The van der Waals surface area contributed by atoms with E-state index in [1.54, 1.807) is 0 Å². The van der Waals surface area contributed by atoms with Crippen molar-refractivity contribution in [2.45, 2.75) is 6.17 Å². The summed E-state index contributed by atoms with van der Waals surface area (Å²) in [5.41, 5.74) is -0.606. The summed E-state index contributed by atoms with van der Waals surface area (Å²) in [5, 5.41) is 9.52. The van der Waals surface area contributed by atoms with Crippen molar-refractivity contribution < 1.29 is 23.0 Å². The summed E-state index contributed by atoms with van der Waals surface area (Å²) in [6.07, 6.45) is -1.96. The van der Waals surface area contributed by atoms with E-state index in [0.717, 1.165) is 12.1 Å². The van der Waals surface area contributed by atoms with Gasteiger partial charge in [0, 0.05) is 11.1 Å². The van der Waals surface area contributed by atoms with E-state index in [-0.39, 0.29) is 17.1 Å². The normalized spacial score (nSPS) is 12.2. The molecule has 0 aliphatic heterocycles. The van der Waals surface area contributed by atoms with Gasteiger partial charge in [0.05, 0.1) is 7.11 Å². The minimum absolute atomic E-state index is 0.119. The first-order valence-corrected chi connectivity index (χ1v) is 5.50. The highest BCUT2D eigenvalue weighted by Gasteiger charge is 2.23. The third-order valence-electron chi connectivity index (χ3n) is 2.78. The van der Waals surface area contributed by atoms with E-state index in [2.05, 4.69) is 4.74 Å². The minimum atomic E-state index is -1.96. The Balaban J connectivity index is 2.48. The van der Waals surface area contributed by atoms with E-state index in [0.29, 0.717) is 0 Å². The van der Waals surface area contributed by atoms with Crippen LogP contribution >= 0.6 is 0 Å². The molecule has 2 nitrogen and oxygen atoms in total. The van der Waals surface area contributed by atoms with Crippen molar-refractivity contribution >= 4 is 0 Å². The van der Waals surface area contributed by atoms with Crippen LogP contribution in [0.5, 0.6) is 11.5 Å². The summed E-state index contributed by atoms with van der Waals surface area (Å²) in [7, 11) is 1.19. The lowest BCUT2D eigenvalue weighted by Crippen LogP contribution is -2.02. The molecule has 1 atom stereocenters. The molecule has 0 aromatic heterocycles. The molecule has 100 valence electrons. The summed E-state index contributed by atoms with van der Waals surface area (Å²) in [4.78, 5) is 0. The Labute approximate surface area is 108 Å². The van der Waals surface area contributed by atoms with Gasteiger partial charge in [0.2, 0.25) is 5.82 Å². The van der Waals surface area contributed by atoms with Crippen LogP contribution in [0.4, 0.5) is 13.2 Å². The molecule has 2 aromatic rings. The fourth-order valence-corrected chi connectivity index (χ4v) is 1.77. The topological polar surface area (TPSA) is 29.5 Å². The number of methoxy groups -OCH3 is 1. The van der Waals surface area contributed by atoms with Crippen LogP contribution in [0.1, 0.15) is 17.3 Å². The average Bonchev–Trinajstić information content (AvgIpc) is 2.41. The smallest absolute Gasteiger partial charge is 0.200 e. The molecule has 0 bridgehead atoms. The van der Waals surface area contributed by atoms with Gasteiger partial charge in [-0.1, -0.05) is 18.2 Å². The number of aromatic hydroxyl groups is 1. The number of benzene rings is 2. The first-order valence-electron chi connectivity index (χ1n) is 5.50. The van der Waals surface area contributed by atoms with Crippen LogP contribution in [0, 0.1) is 11.6 Å². The second-order valence-corrected chi connectivity index (χ2v) is 3.91. The van der Waals surface area contributed by atoms with Gasteiger partial charge in [-0.15, -0.1) is 0 Å². The third-order valence-corrected chi connectivity index (χ3v) is 2.78. The van der Waals surface area contributed by atoms with Crippen LogP contribution in [-0.2, 0) is 0 Å². The Morgan fingerprint density at radius 3 is 2.32 bits per heavy atom. The molecule has 0 aliphatic rings. The van der Waals surface area contributed by atoms with Crippen molar-refractivity contribution in [2.75, 3.05) is 7.11 Å². The molecule has 19 heavy (non-hydrogen) atoms. The highest BCUT2D eigenvalue weighted by molar-refractivity contribution is 5.41. The maximum Gasteiger partial charge on any atom is 0.200 e. The summed E-state index contributed by atoms with van der Waals surface area (Å²) in [6.45, 7) is 0. The predicted octanol–water partition coefficient (Wildman–Crippen LogP) is 3.74. The van der Waals surface area contributed by atoms with Crippen molar-refractivity contribution in [2.24, 2.45) is 0 Å². The van der Waals surface area contributed by atoms with Crippen molar-refractivity contribution in [3.8, 4) is 11.5 Å². The molecule has 2 rings (SSSR count). The zero-order valence-electron chi connectivity index (χ0n) is 10.0. The highest BCUT2D eigenvalue weighted by atomic mass is 19.2. The van der Waals surface area contributed by atoms with Crippen LogP contribution < -0.4 is 4.74 Å². The number of para-hydroxylation sites is 1. The van der Waals surface area contributed by atoms with Gasteiger partial charge in [-0.05, 0) is 18.2 Å². The maximum atomic E-state index is 14.2. The van der Waals surface area contributed by atoms with Gasteiger partial charge < -0.3 is 9.84 Å². The Morgan fingerprint density at radius 2 is 1.68 bits per heavy atom. The van der Waals surface area contributed by atoms with Crippen molar-refractivity contribution in [1.82, 2.24) is 0 Å². The van der Waals surface area contributed by atoms with Gasteiger partial charge >= 0.3 is 0 Å². The first kappa shape index (κ1) is 13.3. The fourth-order valence-electron chi connectivity index (χ4n) is 1.77. The number of hydrogen-bond acceptors (Lipinski definition) is 2. The number of phenolic OH excluding ortho intramolecular Hbond substituents is 1. The highest BCUT2D eigenvalue weighted by Crippen LogP contribution is 2.35. The molecule has 0 aliphatic carbocycles. The summed E-state index contributed by atoms with van der Waals surface area (Å²) < 4.78 is 46.1. The van der Waals surface area contributed by atoms with Gasteiger partial charge in [-0.2, -0.15) is 4.39 Å². The number of halogens is 3. The summed E-state index contributed by atoms with van der Waals surface area (Å²) in [6, 6.07) is 7.83. The quantitative estimate of drug-likeness (QED) is 0.918. The number of hydrogen-bond donors (Lipinski definition) is 1. The Morgan fingerprint density at radius 1 is 1.00 bits per heavy atom. The zero-order valence-corrected chi connectivity index (χ0v) is 10.0. The Hall–Kier alpha value is -2.17. The second-order valence-electron chi connectivity index (χ2n) is 3.91. The monoisotopic (exact) mass is 268 g/mol. The summed E-state index contributed by atoms with van der Waals surface area (Å²) in [5.74, 6) is -3.19. The fraction of sp³-hybridized carbons (Fsp3) is 0.143. The van der Waals surface area contributed by atoms with Crippen LogP contribution in [0.15, 0.2) is 36.4 Å². The molecule has 2 aromatic carbocycles. The van der Waals surface area contributed by atoms with Crippen LogP contribution in [0.25, 0.3) is 0 Å². The first-order chi connectivity index (χ1) is 9.06. The molecule has 0 fully saturated rings. The summed E-state index contributed by atoms with van der Waals surface area (Å²) >= 11 is 0. The van der Waals surface area contributed by atoms with E-state index >= 15 is 0 Å². The molecular weight excluding hydrogens is 257 g/mol. The lowest BCUT2D eigenvalue weighted by molar-refractivity contribution is 0.346. The molecular formula is C14H11F3O2. The van der Waals surface area contributed by atoms with E-state index in [9.17, 15) is 18.3 Å². The lowest BCUT2D eigenvalue weighted by Gasteiger charge is -2.13. The molecule has 0 saturated carbocycles. The minimum Gasteiger partial charge on any atom is -0.508 e. The Kier molecular flexibility index (Phi) is 3.64. The molecule has 1 unspecified atom stereocenters. The molecule has 0 heterocycles. The van der Waals surface area contributed by atoms with Gasteiger partial charge in [-0.3, -0.25) is 0 Å². The van der Waals surface area contributed by atoms with Gasteiger partial charge in [0.25, 0.3) is 0 Å². The van der Waals surface area contributed by atoms with Crippen LogP contribution in [0.3, 0.4) is 0 Å². The van der Waals surface area contributed by atoms with Gasteiger partial charge in [0.15, 0.2) is 17.7 Å². The molecule has 0 saturated heterocycles. The largest absolute Gasteiger partial charge is 0.508 e. The third kappa shape index (κ3) is 2.36. The van der Waals surface area contributed by atoms with Gasteiger partial charge in [-0.25, -0.2) is 8.78 Å². The van der Waals surface area contributed by atoms with Crippen molar-refractivity contribution in [1.29, 1.82) is 0 Å². The van der Waals surface area contributed by atoms with E-state index < -0.39 is 23.4 Å². The molecule has 0 radical (unpaired) electrons. The van der Waals surface area contributed by atoms with E-state index in [1.165, 1.54) is 31.4 Å². The second kappa shape index (κ2) is 5.22. The average molecular weight is 268 g/mol. The molecule has 5 heteroatoms.